The topological polar surface area (TPSA) is 66.6 Å². The van der Waals surface area contributed by atoms with E-state index in [0.717, 1.165) is 12.8 Å². The largest absolute Gasteiger partial charge is 0.399 e. The first kappa shape index (κ1) is 14.8. The number of halogens is 1. The zero-order valence-electron chi connectivity index (χ0n) is 10.5. The van der Waals surface area contributed by atoms with Crippen LogP contribution in [0.4, 0.5) is 5.69 Å². The molecule has 0 atom stereocenters. The van der Waals surface area contributed by atoms with Crippen LogP contribution in [-0.2, 0) is 0 Å². The standard InChI is InChI=1S/C13H19ClN2O2/c1-2-3-6-16(7-8-17)13(18)11-9-10(15)4-5-12(11)14/h4-5,9,17H,2-3,6-8,15H2,1H3. The van der Waals surface area contributed by atoms with Crippen molar-refractivity contribution >= 4 is 23.2 Å². The zero-order valence-corrected chi connectivity index (χ0v) is 11.3. The number of hydrogen-bond acceptors (Lipinski definition) is 3. The number of hydrogen-bond donors (Lipinski definition) is 2. The summed E-state index contributed by atoms with van der Waals surface area (Å²) in [4.78, 5) is 13.9. The molecule has 1 amide bonds. The van der Waals surface area contributed by atoms with Crippen LogP contribution in [0.15, 0.2) is 18.2 Å². The van der Waals surface area contributed by atoms with Gasteiger partial charge in [0, 0.05) is 18.8 Å². The third-order valence-electron chi connectivity index (χ3n) is 2.66. The van der Waals surface area contributed by atoms with Crippen LogP contribution in [0.2, 0.25) is 5.02 Å². The summed E-state index contributed by atoms with van der Waals surface area (Å²) in [5.74, 6) is -0.185. The molecule has 1 rings (SSSR count). The normalized spacial score (nSPS) is 10.4. The van der Waals surface area contributed by atoms with Crippen molar-refractivity contribution in [1.82, 2.24) is 4.90 Å². The number of nitrogens with zero attached hydrogens (tertiary/aromatic N) is 1. The average molecular weight is 271 g/mol. The summed E-state index contributed by atoms with van der Waals surface area (Å²) in [6, 6.07) is 4.84. The van der Waals surface area contributed by atoms with Gasteiger partial charge >= 0.3 is 0 Å². The summed E-state index contributed by atoms with van der Waals surface area (Å²) < 4.78 is 0. The molecule has 0 aromatic heterocycles. The van der Waals surface area contributed by atoms with Crippen LogP contribution in [0.1, 0.15) is 30.1 Å². The lowest BCUT2D eigenvalue weighted by Gasteiger charge is -2.22. The number of nitrogens with two attached hydrogens (primary N) is 1. The molecule has 4 nitrogen and oxygen atoms in total. The molecular formula is C13H19ClN2O2. The zero-order chi connectivity index (χ0) is 13.5. The van der Waals surface area contributed by atoms with Gasteiger partial charge in [-0.25, -0.2) is 0 Å². The Morgan fingerprint density at radius 1 is 1.44 bits per heavy atom. The third-order valence-corrected chi connectivity index (χ3v) is 2.99. The Bertz CT molecular complexity index is 410. The summed E-state index contributed by atoms with van der Waals surface area (Å²) in [5, 5.41) is 9.39. The van der Waals surface area contributed by atoms with Crippen molar-refractivity contribution in [3.8, 4) is 0 Å². The van der Waals surface area contributed by atoms with E-state index in [1.807, 2.05) is 0 Å². The van der Waals surface area contributed by atoms with E-state index in [1.165, 1.54) is 0 Å². The van der Waals surface area contributed by atoms with Crippen molar-refractivity contribution < 1.29 is 9.90 Å². The average Bonchev–Trinajstić information content (AvgIpc) is 2.36. The van der Waals surface area contributed by atoms with Gasteiger partial charge in [0.2, 0.25) is 0 Å². The third kappa shape index (κ3) is 3.89. The minimum Gasteiger partial charge on any atom is -0.399 e. The molecule has 3 N–H and O–H groups in total. The minimum atomic E-state index is -0.185. The molecule has 1 aromatic carbocycles. The van der Waals surface area contributed by atoms with Gasteiger partial charge in [0.1, 0.15) is 0 Å². The first-order chi connectivity index (χ1) is 8.60. The van der Waals surface area contributed by atoms with Gasteiger partial charge in [-0.05, 0) is 24.6 Å². The van der Waals surface area contributed by atoms with E-state index in [0.29, 0.717) is 29.4 Å². The molecule has 0 saturated heterocycles. The molecule has 0 spiro atoms. The first-order valence-corrected chi connectivity index (χ1v) is 6.43. The summed E-state index contributed by atoms with van der Waals surface area (Å²) in [5.41, 5.74) is 6.55. The number of benzene rings is 1. The van der Waals surface area contributed by atoms with Gasteiger partial charge in [0.25, 0.3) is 5.91 Å². The second-order valence-corrected chi connectivity index (χ2v) is 4.52. The molecule has 0 aliphatic heterocycles. The molecule has 0 unspecified atom stereocenters. The number of aliphatic hydroxyl groups excluding tert-OH is 1. The lowest BCUT2D eigenvalue weighted by atomic mass is 10.1. The predicted molar refractivity (Wildman–Crippen MR) is 73.8 cm³/mol. The summed E-state index contributed by atoms with van der Waals surface area (Å²) in [6.45, 7) is 2.91. The fourth-order valence-electron chi connectivity index (χ4n) is 1.66. The Labute approximate surface area is 112 Å². The molecule has 0 fully saturated rings. The molecule has 0 aliphatic rings. The van der Waals surface area contributed by atoms with Crippen LogP contribution in [-0.4, -0.2) is 35.6 Å². The monoisotopic (exact) mass is 270 g/mol. The number of carbonyl (C=O) groups excluding carboxylic acids is 1. The van der Waals surface area contributed by atoms with Crippen molar-refractivity contribution in [2.75, 3.05) is 25.4 Å². The fraction of sp³-hybridized carbons (Fsp3) is 0.462. The van der Waals surface area contributed by atoms with Gasteiger partial charge in [-0.2, -0.15) is 0 Å². The number of unbranched alkanes of at least 4 members (excludes halogenated alkanes) is 1. The fourth-order valence-corrected chi connectivity index (χ4v) is 1.86. The number of amides is 1. The van der Waals surface area contributed by atoms with Gasteiger partial charge in [-0.15, -0.1) is 0 Å². The Balaban J connectivity index is 2.90. The van der Waals surface area contributed by atoms with Crippen LogP contribution in [0.5, 0.6) is 0 Å². The molecule has 5 heteroatoms. The quantitative estimate of drug-likeness (QED) is 0.779. The van der Waals surface area contributed by atoms with E-state index in [2.05, 4.69) is 6.92 Å². The number of nitrogen functional groups attached to an aromatic ring is 1. The lowest BCUT2D eigenvalue weighted by Crippen LogP contribution is -2.34. The van der Waals surface area contributed by atoms with Crippen LogP contribution >= 0.6 is 11.6 Å². The van der Waals surface area contributed by atoms with Crippen molar-refractivity contribution in [1.29, 1.82) is 0 Å². The van der Waals surface area contributed by atoms with Crippen molar-refractivity contribution in [2.45, 2.75) is 19.8 Å². The van der Waals surface area contributed by atoms with Crippen LogP contribution < -0.4 is 5.73 Å². The maximum atomic E-state index is 12.3. The number of anilines is 1. The van der Waals surface area contributed by atoms with Crippen molar-refractivity contribution in [3.63, 3.8) is 0 Å². The van der Waals surface area contributed by atoms with Crippen molar-refractivity contribution in [3.05, 3.63) is 28.8 Å². The van der Waals surface area contributed by atoms with Gasteiger partial charge in [-0.1, -0.05) is 24.9 Å². The van der Waals surface area contributed by atoms with Gasteiger partial charge in [0.05, 0.1) is 17.2 Å². The van der Waals surface area contributed by atoms with Gasteiger partial charge in [-0.3, -0.25) is 4.79 Å². The van der Waals surface area contributed by atoms with E-state index in [-0.39, 0.29) is 12.5 Å². The highest BCUT2D eigenvalue weighted by Gasteiger charge is 2.17. The van der Waals surface area contributed by atoms with Crippen molar-refractivity contribution in [2.24, 2.45) is 0 Å². The maximum absolute atomic E-state index is 12.3. The molecular weight excluding hydrogens is 252 g/mol. The molecule has 0 heterocycles. The van der Waals surface area contributed by atoms with E-state index in [4.69, 9.17) is 22.4 Å². The van der Waals surface area contributed by atoms with Crippen LogP contribution in [0.3, 0.4) is 0 Å². The summed E-state index contributed by atoms with van der Waals surface area (Å²) in [6.07, 6.45) is 1.88. The molecule has 0 bridgehead atoms. The summed E-state index contributed by atoms with van der Waals surface area (Å²) >= 11 is 6.00. The molecule has 1 aromatic rings. The van der Waals surface area contributed by atoms with E-state index < -0.39 is 0 Å². The first-order valence-electron chi connectivity index (χ1n) is 6.05. The molecule has 0 radical (unpaired) electrons. The Hall–Kier alpha value is -1.26. The molecule has 0 aliphatic carbocycles. The Morgan fingerprint density at radius 3 is 2.78 bits per heavy atom. The SMILES string of the molecule is CCCCN(CCO)C(=O)c1cc(N)ccc1Cl. The Kier molecular flexibility index (Phi) is 5.95. The van der Waals surface area contributed by atoms with E-state index in [9.17, 15) is 4.79 Å². The molecule has 100 valence electrons. The predicted octanol–water partition coefficient (Wildman–Crippen LogP) is 2.16. The van der Waals surface area contributed by atoms with Gasteiger partial charge in [0.15, 0.2) is 0 Å². The van der Waals surface area contributed by atoms with Gasteiger partial charge < -0.3 is 15.7 Å². The smallest absolute Gasteiger partial charge is 0.255 e. The minimum absolute atomic E-state index is 0.0601. The Morgan fingerprint density at radius 2 is 2.17 bits per heavy atom. The van der Waals surface area contributed by atoms with E-state index in [1.54, 1.807) is 23.1 Å². The number of aliphatic hydroxyl groups is 1. The van der Waals surface area contributed by atoms with Crippen LogP contribution in [0, 0.1) is 0 Å². The van der Waals surface area contributed by atoms with Crippen LogP contribution in [0.25, 0.3) is 0 Å². The summed E-state index contributed by atoms with van der Waals surface area (Å²) in [7, 11) is 0. The highest BCUT2D eigenvalue weighted by atomic mass is 35.5. The molecule has 0 saturated carbocycles. The highest BCUT2D eigenvalue weighted by Crippen LogP contribution is 2.20. The second-order valence-electron chi connectivity index (χ2n) is 4.11. The molecule has 18 heavy (non-hydrogen) atoms. The maximum Gasteiger partial charge on any atom is 0.255 e. The second kappa shape index (κ2) is 7.24. The lowest BCUT2D eigenvalue weighted by molar-refractivity contribution is 0.0719. The number of rotatable bonds is 6. The van der Waals surface area contributed by atoms with E-state index >= 15 is 0 Å². The highest BCUT2D eigenvalue weighted by molar-refractivity contribution is 6.34. The number of carbonyl (C=O) groups is 1.